The predicted octanol–water partition coefficient (Wildman–Crippen LogP) is 2.53. The van der Waals surface area contributed by atoms with Crippen molar-refractivity contribution in [2.24, 2.45) is 0 Å². The van der Waals surface area contributed by atoms with E-state index in [1.54, 1.807) is 47.3 Å². The maximum Gasteiger partial charge on any atom is 0.337 e. The molecule has 0 aliphatic heterocycles. The second-order valence-corrected chi connectivity index (χ2v) is 7.93. The molecule has 2 aromatic carbocycles. The molecule has 2 aromatic heterocycles. The van der Waals surface area contributed by atoms with Gasteiger partial charge in [0, 0.05) is 12.6 Å². The predicted molar refractivity (Wildman–Crippen MR) is 121 cm³/mol. The number of hydrogen-bond donors (Lipinski definition) is 0. The number of carbonyl (C=O) groups is 1. The number of methoxy groups -OCH3 is 2. The number of ether oxygens (including phenoxy) is 2. The van der Waals surface area contributed by atoms with Crippen LogP contribution in [0.5, 0.6) is 5.75 Å². The number of hydrogen-bond acceptors (Lipinski definition) is 6. The Morgan fingerprint density at radius 2 is 1.79 bits per heavy atom. The molecule has 9 nitrogen and oxygen atoms in total. The summed E-state index contributed by atoms with van der Waals surface area (Å²) in [5.41, 5.74) is 1.67. The molecule has 1 fully saturated rings. The molecule has 1 aliphatic rings. The fourth-order valence-electron chi connectivity index (χ4n) is 4.02. The monoisotopic (exact) mass is 446 g/mol. The second kappa shape index (κ2) is 8.09. The van der Waals surface area contributed by atoms with Crippen LogP contribution in [0.4, 0.5) is 0 Å². The van der Waals surface area contributed by atoms with Crippen LogP contribution >= 0.6 is 0 Å². The summed E-state index contributed by atoms with van der Waals surface area (Å²) in [6, 6.07) is 14.0. The molecule has 0 amide bonds. The van der Waals surface area contributed by atoms with Gasteiger partial charge in [0.25, 0.3) is 5.56 Å². The molecule has 0 bridgehead atoms. The molecule has 4 aromatic rings. The van der Waals surface area contributed by atoms with E-state index >= 15 is 0 Å². The summed E-state index contributed by atoms with van der Waals surface area (Å²) in [7, 11) is 2.87. The molecular formula is C24H22N4O5. The molecule has 2 heterocycles. The molecule has 0 radical (unpaired) electrons. The summed E-state index contributed by atoms with van der Waals surface area (Å²) < 4.78 is 14.7. The van der Waals surface area contributed by atoms with Crippen molar-refractivity contribution in [3.05, 3.63) is 86.8 Å². The van der Waals surface area contributed by atoms with E-state index in [9.17, 15) is 14.4 Å². The van der Waals surface area contributed by atoms with Crippen LogP contribution in [0.25, 0.3) is 16.9 Å². The van der Waals surface area contributed by atoms with Crippen LogP contribution in [0, 0.1) is 0 Å². The average molecular weight is 446 g/mol. The van der Waals surface area contributed by atoms with E-state index in [2.05, 4.69) is 4.98 Å². The average Bonchev–Trinajstić information content (AvgIpc) is 3.59. The van der Waals surface area contributed by atoms with Crippen molar-refractivity contribution in [2.75, 3.05) is 14.2 Å². The van der Waals surface area contributed by atoms with Crippen molar-refractivity contribution in [1.82, 2.24) is 18.7 Å². The van der Waals surface area contributed by atoms with E-state index in [1.807, 2.05) is 12.1 Å². The highest BCUT2D eigenvalue weighted by Crippen LogP contribution is 2.33. The standard InChI is InChI=1S/C24H22N4O5/c1-32-19-6-4-3-5-18(19)28-21-20(22(29)27(24(28)31)17-11-12-17)26(14-25-21)13-15-7-9-16(10-8-15)23(30)33-2/h3-10,14,17H,11-13H2,1-2H3. The third kappa shape index (κ3) is 3.51. The van der Waals surface area contributed by atoms with Crippen LogP contribution in [-0.4, -0.2) is 38.9 Å². The molecule has 1 saturated carbocycles. The Hall–Kier alpha value is -4.14. The Kier molecular flexibility index (Phi) is 5.08. The van der Waals surface area contributed by atoms with Gasteiger partial charge >= 0.3 is 11.7 Å². The summed E-state index contributed by atoms with van der Waals surface area (Å²) >= 11 is 0. The number of imidazole rings is 1. The summed E-state index contributed by atoms with van der Waals surface area (Å²) in [6.45, 7) is 0.349. The Balaban J connectivity index is 1.69. The van der Waals surface area contributed by atoms with Gasteiger partial charge in [-0.05, 0) is 42.7 Å². The molecule has 33 heavy (non-hydrogen) atoms. The zero-order valence-corrected chi connectivity index (χ0v) is 18.2. The van der Waals surface area contributed by atoms with Gasteiger partial charge in [0.2, 0.25) is 0 Å². The summed E-state index contributed by atoms with van der Waals surface area (Å²) in [6.07, 6.45) is 3.13. The number of aromatic nitrogens is 4. The molecule has 1 aliphatic carbocycles. The highest BCUT2D eigenvalue weighted by molar-refractivity contribution is 5.89. The summed E-state index contributed by atoms with van der Waals surface area (Å²) in [4.78, 5) is 43.0. The lowest BCUT2D eigenvalue weighted by Crippen LogP contribution is -2.39. The van der Waals surface area contributed by atoms with Gasteiger partial charge in [0.05, 0.1) is 31.8 Å². The summed E-state index contributed by atoms with van der Waals surface area (Å²) in [5.74, 6) is 0.0950. The molecule has 168 valence electrons. The largest absolute Gasteiger partial charge is 0.495 e. The maximum absolute atomic E-state index is 13.4. The van der Waals surface area contributed by atoms with E-state index < -0.39 is 11.7 Å². The van der Waals surface area contributed by atoms with E-state index in [-0.39, 0.29) is 17.2 Å². The first-order chi connectivity index (χ1) is 16.0. The third-order valence-corrected chi connectivity index (χ3v) is 5.82. The second-order valence-electron chi connectivity index (χ2n) is 7.93. The third-order valence-electron chi connectivity index (χ3n) is 5.82. The molecular weight excluding hydrogens is 424 g/mol. The van der Waals surface area contributed by atoms with Gasteiger partial charge in [-0.3, -0.25) is 9.36 Å². The molecule has 9 heteroatoms. The molecule has 0 atom stereocenters. The summed E-state index contributed by atoms with van der Waals surface area (Å²) in [5, 5.41) is 0. The van der Waals surface area contributed by atoms with Crippen LogP contribution in [0.2, 0.25) is 0 Å². The number of benzene rings is 2. The highest BCUT2D eigenvalue weighted by Gasteiger charge is 2.31. The quantitative estimate of drug-likeness (QED) is 0.422. The van der Waals surface area contributed by atoms with E-state index in [0.717, 1.165) is 18.4 Å². The first-order valence-electron chi connectivity index (χ1n) is 10.6. The first kappa shape index (κ1) is 20.7. The van der Waals surface area contributed by atoms with Gasteiger partial charge in [0.1, 0.15) is 5.75 Å². The Morgan fingerprint density at radius 1 is 1.06 bits per heavy atom. The zero-order valence-electron chi connectivity index (χ0n) is 18.2. The normalized spacial score (nSPS) is 13.3. The highest BCUT2D eigenvalue weighted by atomic mass is 16.5. The minimum atomic E-state index is -0.424. The number of para-hydroxylation sites is 2. The zero-order chi connectivity index (χ0) is 23.1. The molecule has 0 spiro atoms. The molecule has 5 rings (SSSR count). The molecule has 0 N–H and O–H groups in total. The number of rotatable bonds is 6. The van der Waals surface area contributed by atoms with Crippen LogP contribution in [-0.2, 0) is 11.3 Å². The fraction of sp³-hybridized carbons (Fsp3) is 0.250. The SMILES string of the molecule is COC(=O)c1ccc(Cn2cnc3c2c(=O)n(C2CC2)c(=O)n3-c2ccccc2OC)cc1. The first-order valence-corrected chi connectivity index (χ1v) is 10.6. The van der Waals surface area contributed by atoms with Crippen molar-refractivity contribution in [3.8, 4) is 11.4 Å². The van der Waals surface area contributed by atoms with Gasteiger partial charge in [-0.2, -0.15) is 0 Å². The van der Waals surface area contributed by atoms with Crippen LogP contribution in [0.1, 0.15) is 34.8 Å². The number of fused-ring (bicyclic) bond motifs is 1. The van der Waals surface area contributed by atoms with Crippen molar-refractivity contribution < 1.29 is 14.3 Å². The van der Waals surface area contributed by atoms with Gasteiger partial charge in [-0.25, -0.2) is 19.1 Å². The van der Waals surface area contributed by atoms with Crippen molar-refractivity contribution >= 4 is 17.1 Å². The van der Waals surface area contributed by atoms with Crippen molar-refractivity contribution in [3.63, 3.8) is 0 Å². The van der Waals surface area contributed by atoms with Gasteiger partial charge < -0.3 is 14.0 Å². The number of nitrogens with zero attached hydrogens (tertiary/aromatic N) is 4. The Labute approximate surface area is 188 Å². The van der Waals surface area contributed by atoms with E-state index in [0.29, 0.717) is 29.1 Å². The Bertz CT molecular complexity index is 1480. The van der Waals surface area contributed by atoms with Gasteiger partial charge in [-0.15, -0.1) is 0 Å². The number of carbonyl (C=O) groups excluding carboxylic acids is 1. The lowest BCUT2D eigenvalue weighted by molar-refractivity contribution is 0.0600. The minimum Gasteiger partial charge on any atom is -0.495 e. The topological polar surface area (TPSA) is 97.4 Å². The van der Waals surface area contributed by atoms with Gasteiger partial charge in [0.15, 0.2) is 11.2 Å². The smallest absolute Gasteiger partial charge is 0.337 e. The van der Waals surface area contributed by atoms with E-state index in [1.165, 1.54) is 23.4 Å². The Morgan fingerprint density at radius 3 is 2.45 bits per heavy atom. The van der Waals surface area contributed by atoms with E-state index in [4.69, 9.17) is 9.47 Å². The minimum absolute atomic E-state index is 0.113. The van der Waals surface area contributed by atoms with Gasteiger partial charge in [-0.1, -0.05) is 24.3 Å². The lowest BCUT2D eigenvalue weighted by Gasteiger charge is -2.14. The van der Waals surface area contributed by atoms with Crippen LogP contribution in [0.3, 0.4) is 0 Å². The van der Waals surface area contributed by atoms with Crippen LogP contribution < -0.4 is 16.0 Å². The lowest BCUT2D eigenvalue weighted by atomic mass is 10.1. The maximum atomic E-state index is 13.4. The molecule has 0 unspecified atom stereocenters. The number of esters is 1. The fourth-order valence-corrected chi connectivity index (χ4v) is 4.02. The van der Waals surface area contributed by atoms with Crippen LogP contribution in [0.15, 0.2) is 64.4 Å². The van der Waals surface area contributed by atoms with Crippen molar-refractivity contribution in [1.29, 1.82) is 0 Å². The van der Waals surface area contributed by atoms with Crippen molar-refractivity contribution in [2.45, 2.75) is 25.4 Å². The molecule has 0 saturated heterocycles.